The first-order valence-electron chi connectivity index (χ1n) is 6.12. The number of anilines is 2. The molecule has 0 atom stereocenters. The van der Waals surface area contributed by atoms with Crippen LogP contribution < -0.4 is 11.1 Å². The van der Waals surface area contributed by atoms with Crippen molar-refractivity contribution in [2.24, 2.45) is 0 Å². The number of rotatable bonds is 2. The fourth-order valence-electron chi connectivity index (χ4n) is 1.89. The second-order valence-electron chi connectivity index (χ2n) is 4.54. The molecule has 1 aromatic carbocycles. The molecule has 0 aliphatic heterocycles. The Balaban J connectivity index is 1.90. The number of halogens is 1. The first-order valence-corrected chi connectivity index (χ1v) is 7.32. The maximum absolute atomic E-state index is 12.2. The molecule has 0 aliphatic carbocycles. The number of amides is 1. The van der Waals surface area contributed by atoms with Crippen LogP contribution in [0.1, 0.15) is 15.9 Å². The normalized spacial score (nSPS) is 10.8. The second kappa shape index (κ2) is 5.31. The number of aryl methyl sites for hydroxylation is 1. The molecule has 106 valence electrons. The van der Waals surface area contributed by atoms with Gasteiger partial charge in [0.2, 0.25) is 0 Å². The number of nitrogens with one attached hydrogen (secondary N) is 1. The highest BCUT2D eigenvalue weighted by Crippen LogP contribution is 2.27. The Morgan fingerprint density at radius 3 is 3.00 bits per heavy atom. The van der Waals surface area contributed by atoms with Crippen LogP contribution in [0, 0.1) is 6.92 Å². The minimum Gasteiger partial charge on any atom is -0.397 e. The molecule has 0 radical (unpaired) electrons. The fraction of sp³-hybridized carbons (Fsp3) is 0.0714. The van der Waals surface area contributed by atoms with Gasteiger partial charge in [-0.3, -0.25) is 10.1 Å². The first kappa shape index (κ1) is 13.8. The van der Waals surface area contributed by atoms with Gasteiger partial charge in [-0.25, -0.2) is 9.97 Å². The molecule has 7 heteroatoms. The summed E-state index contributed by atoms with van der Waals surface area (Å²) in [5, 5.41) is 3.48. The van der Waals surface area contributed by atoms with Crippen molar-refractivity contribution in [3.63, 3.8) is 0 Å². The summed E-state index contributed by atoms with van der Waals surface area (Å²) in [6.45, 7) is 2.01. The molecule has 3 rings (SSSR count). The zero-order chi connectivity index (χ0) is 15.0. The van der Waals surface area contributed by atoms with E-state index >= 15 is 0 Å². The van der Waals surface area contributed by atoms with Crippen LogP contribution >= 0.6 is 22.9 Å². The number of nitrogens with two attached hydrogens (primary N) is 1. The van der Waals surface area contributed by atoms with Crippen LogP contribution in [-0.2, 0) is 0 Å². The highest BCUT2D eigenvalue weighted by molar-refractivity contribution is 7.22. The van der Waals surface area contributed by atoms with Crippen molar-refractivity contribution in [2.45, 2.75) is 6.92 Å². The van der Waals surface area contributed by atoms with Crippen molar-refractivity contribution in [3.05, 3.63) is 46.7 Å². The number of benzene rings is 1. The molecule has 3 N–H and O–H groups in total. The molecular weight excluding hydrogens is 308 g/mol. The molecule has 2 aromatic heterocycles. The van der Waals surface area contributed by atoms with E-state index in [2.05, 4.69) is 15.3 Å². The number of pyridine rings is 1. The maximum Gasteiger partial charge on any atom is 0.259 e. The van der Waals surface area contributed by atoms with E-state index in [-0.39, 0.29) is 22.3 Å². The zero-order valence-corrected chi connectivity index (χ0v) is 12.6. The minimum absolute atomic E-state index is 0.217. The van der Waals surface area contributed by atoms with Crippen LogP contribution in [0.15, 0.2) is 30.5 Å². The number of nitrogens with zero attached hydrogens (tertiary/aromatic N) is 2. The van der Waals surface area contributed by atoms with Crippen molar-refractivity contribution >= 4 is 49.9 Å². The molecule has 0 unspecified atom stereocenters. The molecule has 0 fully saturated rings. The summed E-state index contributed by atoms with van der Waals surface area (Å²) in [5.74, 6) is -0.354. The quantitative estimate of drug-likeness (QED) is 0.709. The van der Waals surface area contributed by atoms with Gasteiger partial charge in [0, 0.05) is 0 Å². The van der Waals surface area contributed by atoms with Crippen LogP contribution in [0.5, 0.6) is 0 Å². The predicted molar refractivity (Wildman–Crippen MR) is 86.0 cm³/mol. The third kappa shape index (κ3) is 2.81. The van der Waals surface area contributed by atoms with E-state index in [1.165, 1.54) is 23.6 Å². The molecule has 0 bridgehead atoms. The highest BCUT2D eigenvalue weighted by atomic mass is 35.5. The molecule has 0 saturated heterocycles. The molecule has 0 saturated carbocycles. The van der Waals surface area contributed by atoms with Gasteiger partial charge < -0.3 is 5.73 Å². The lowest BCUT2D eigenvalue weighted by Crippen LogP contribution is -2.14. The Hall–Kier alpha value is -2.18. The van der Waals surface area contributed by atoms with E-state index in [9.17, 15) is 4.79 Å². The van der Waals surface area contributed by atoms with Crippen molar-refractivity contribution in [1.82, 2.24) is 9.97 Å². The third-order valence-corrected chi connectivity index (χ3v) is 4.05. The molecule has 21 heavy (non-hydrogen) atoms. The SMILES string of the molecule is Cc1ccc2nc(NC(=O)c3cc(Cl)ncc3N)sc2c1. The molecular formula is C14H11ClN4OS. The van der Waals surface area contributed by atoms with Crippen molar-refractivity contribution in [2.75, 3.05) is 11.1 Å². The number of hydrogen-bond acceptors (Lipinski definition) is 5. The molecule has 0 spiro atoms. The number of carbonyl (C=O) groups is 1. The van der Waals surface area contributed by atoms with E-state index in [0.29, 0.717) is 5.13 Å². The minimum atomic E-state index is -0.354. The van der Waals surface area contributed by atoms with Gasteiger partial charge in [-0.2, -0.15) is 0 Å². The average Bonchev–Trinajstić information content (AvgIpc) is 2.82. The monoisotopic (exact) mass is 318 g/mol. The second-order valence-corrected chi connectivity index (χ2v) is 5.96. The van der Waals surface area contributed by atoms with E-state index < -0.39 is 0 Å². The first-order chi connectivity index (χ1) is 10.0. The largest absolute Gasteiger partial charge is 0.397 e. The van der Waals surface area contributed by atoms with Crippen molar-refractivity contribution < 1.29 is 4.79 Å². The van der Waals surface area contributed by atoms with Gasteiger partial charge in [-0.1, -0.05) is 29.0 Å². The average molecular weight is 319 g/mol. The molecule has 0 aliphatic rings. The Kier molecular flexibility index (Phi) is 3.48. The van der Waals surface area contributed by atoms with Crippen LogP contribution in [0.3, 0.4) is 0 Å². The molecule has 3 aromatic rings. The van der Waals surface area contributed by atoms with Crippen LogP contribution in [0.4, 0.5) is 10.8 Å². The van der Waals surface area contributed by atoms with Crippen LogP contribution in [0.2, 0.25) is 5.15 Å². The Morgan fingerprint density at radius 2 is 2.19 bits per heavy atom. The third-order valence-electron chi connectivity index (χ3n) is 2.91. The smallest absolute Gasteiger partial charge is 0.259 e. The van der Waals surface area contributed by atoms with Crippen molar-refractivity contribution in [1.29, 1.82) is 0 Å². The molecule has 5 nitrogen and oxygen atoms in total. The number of carbonyl (C=O) groups excluding carboxylic acids is 1. The Morgan fingerprint density at radius 1 is 1.38 bits per heavy atom. The van der Waals surface area contributed by atoms with Gasteiger partial charge in [0.1, 0.15) is 5.15 Å². The van der Waals surface area contributed by atoms with E-state index in [1.54, 1.807) is 0 Å². The van der Waals surface area contributed by atoms with Gasteiger partial charge in [-0.15, -0.1) is 0 Å². The van der Waals surface area contributed by atoms with Gasteiger partial charge >= 0.3 is 0 Å². The number of nitrogen functional groups attached to an aromatic ring is 1. The van der Waals surface area contributed by atoms with Gasteiger partial charge in [0.15, 0.2) is 5.13 Å². The number of hydrogen-bond donors (Lipinski definition) is 2. The van der Waals surface area contributed by atoms with E-state index in [1.807, 2.05) is 25.1 Å². The predicted octanol–water partition coefficient (Wildman–Crippen LogP) is 3.49. The number of aromatic nitrogens is 2. The lowest BCUT2D eigenvalue weighted by molar-refractivity contribution is 0.102. The summed E-state index contributed by atoms with van der Waals surface area (Å²) >= 11 is 7.20. The summed E-state index contributed by atoms with van der Waals surface area (Å²) in [6.07, 6.45) is 1.36. The summed E-state index contributed by atoms with van der Waals surface area (Å²) < 4.78 is 1.02. The van der Waals surface area contributed by atoms with Crippen molar-refractivity contribution in [3.8, 4) is 0 Å². The fourth-order valence-corrected chi connectivity index (χ4v) is 3.00. The highest BCUT2D eigenvalue weighted by Gasteiger charge is 2.13. The van der Waals surface area contributed by atoms with Gasteiger partial charge in [-0.05, 0) is 30.7 Å². The summed E-state index contributed by atoms with van der Waals surface area (Å²) in [6, 6.07) is 7.37. The molecule has 1 amide bonds. The van der Waals surface area contributed by atoms with Gasteiger partial charge in [0.25, 0.3) is 5.91 Å². The van der Waals surface area contributed by atoms with E-state index in [4.69, 9.17) is 17.3 Å². The standard InChI is InChI=1S/C14H11ClN4OS/c1-7-2-3-10-11(4-7)21-14(18-10)19-13(20)8-5-12(15)17-6-9(8)16/h2-6H,16H2,1H3,(H,18,19,20). The summed E-state index contributed by atoms with van der Waals surface area (Å²) in [4.78, 5) is 20.4. The maximum atomic E-state index is 12.2. The number of fused-ring (bicyclic) bond motifs is 1. The van der Waals surface area contributed by atoms with Crippen LogP contribution in [0.25, 0.3) is 10.2 Å². The Bertz CT molecular complexity index is 846. The molecule has 2 heterocycles. The van der Waals surface area contributed by atoms with Crippen LogP contribution in [-0.4, -0.2) is 15.9 Å². The zero-order valence-electron chi connectivity index (χ0n) is 11.1. The van der Waals surface area contributed by atoms with Gasteiger partial charge in [0.05, 0.1) is 27.7 Å². The lowest BCUT2D eigenvalue weighted by Gasteiger charge is -2.04. The number of thiazole rings is 1. The lowest BCUT2D eigenvalue weighted by atomic mass is 10.2. The summed E-state index contributed by atoms with van der Waals surface area (Å²) in [7, 11) is 0. The Labute approximate surface area is 129 Å². The summed E-state index contributed by atoms with van der Waals surface area (Å²) in [5.41, 5.74) is 8.29. The topological polar surface area (TPSA) is 80.9 Å². The van der Waals surface area contributed by atoms with E-state index in [0.717, 1.165) is 15.8 Å².